The molecule has 0 saturated heterocycles. The second kappa shape index (κ2) is 7.59. The lowest BCUT2D eigenvalue weighted by atomic mass is 10.0. The van der Waals surface area contributed by atoms with E-state index in [0.29, 0.717) is 17.9 Å². The van der Waals surface area contributed by atoms with Crippen LogP contribution in [0.15, 0.2) is 35.7 Å². The van der Waals surface area contributed by atoms with Gasteiger partial charge in [-0.15, -0.1) is 11.3 Å². The molecular weight excluding hydrogens is 303 g/mol. The van der Waals surface area contributed by atoms with Crippen molar-refractivity contribution in [2.45, 2.75) is 12.8 Å². The average molecular weight is 318 g/mol. The van der Waals surface area contributed by atoms with E-state index in [9.17, 15) is 9.18 Å². The van der Waals surface area contributed by atoms with Crippen LogP contribution >= 0.6 is 11.3 Å². The predicted octanol–water partition coefficient (Wildman–Crippen LogP) is 2.79. The van der Waals surface area contributed by atoms with E-state index in [4.69, 9.17) is 10.9 Å². The second-order valence-corrected chi connectivity index (χ2v) is 5.60. The van der Waals surface area contributed by atoms with Crippen LogP contribution in [-0.2, 0) is 12.8 Å². The molecule has 0 bridgehead atoms. The van der Waals surface area contributed by atoms with E-state index in [1.54, 1.807) is 23.5 Å². The summed E-state index contributed by atoms with van der Waals surface area (Å²) < 4.78 is 12.9. The minimum absolute atomic E-state index is 0.117. The van der Waals surface area contributed by atoms with E-state index in [0.717, 1.165) is 16.0 Å². The van der Waals surface area contributed by atoms with Crippen molar-refractivity contribution in [1.82, 2.24) is 5.06 Å². The molecule has 0 atom stereocenters. The lowest BCUT2D eigenvalue weighted by Gasteiger charge is -2.05. The van der Waals surface area contributed by atoms with Gasteiger partial charge < -0.3 is 5.73 Å². The maximum absolute atomic E-state index is 12.9. The summed E-state index contributed by atoms with van der Waals surface area (Å²) in [6, 6.07) is 7.51. The van der Waals surface area contributed by atoms with Crippen molar-refractivity contribution >= 4 is 17.4 Å². The number of urea groups is 1. The van der Waals surface area contributed by atoms with Gasteiger partial charge in [-0.2, -0.15) is 5.06 Å². The Kier molecular flexibility index (Phi) is 5.53. The molecule has 114 valence electrons. The fourth-order valence-corrected chi connectivity index (χ4v) is 2.70. The van der Waals surface area contributed by atoms with Gasteiger partial charge in [-0.25, -0.2) is 9.18 Å². The monoisotopic (exact) mass is 318 g/mol. The smallest absolute Gasteiger partial charge is 0.339 e. The van der Waals surface area contributed by atoms with E-state index < -0.39 is 6.03 Å². The first-order valence-electron chi connectivity index (χ1n) is 6.57. The zero-order chi connectivity index (χ0) is 15.9. The van der Waals surface area contributed by atoms with Crippen LogP contribution in [0.25, 0.3) is 0 Å². The number of rotatable bonds is 4. The predicted molar refractivity (Wildman–Crippen MR) is 83.1 cm³/mol. The highest BCUT2D eigenvalue weighted by molar-refractivity contribution is 7.10. The van der Waals surface area contributed by atoms with Crippen molar-refractivity contribution in [1.29, 1.82) is 0 Å². The van der Waals surface area contributed by atoms with Gasteiger partial charge in [-0.05, 0) is 41.1 Å². The first kappa shape index (κ1) is 16.0. The van der Waals surface area contributed by atoms with Crippen molar-refractivity contribution in [3.63, 3.8) is 0 Å². The van der Waals surface area contributed by atoms with Gasteiger partial charge in [-0.3, -0.25) is 5.21 Å². The number of carbonyl (C=O) groups excluding carboxylic acids is 1. The van der Waals surface area contributed by atoms with Crippen LogP contribution in [0.1, 0.15) is 16.0 Å². The third-order valence-electron chi connectivity index (χ3n) is 3.00. The van der Waals surface area contributed by atoms with Crippen molar-refractivity contribution in [2.75, 3.05) is 6.54 Å². The summed E-state index contributed by atoms with van der Waals surface area (Å²) >= 11 is 1.59. The van der Waals surface area contributed by atoms with E-state index >= 15 is 0 Å². The minimum Gasteiger partial charge on any atom is -0.350 e. The molecule has 0 aliphatic heterocycles. The van der Waals surface area contributed by atoms with E-state index in [2.05, 4.69) is 11.8 Å². The first-order chi connectivity index (χ1) is 10.6. The molecule has 1 aromatic heterocycles. The number of primary amides is 1. The van der Waals surface area contributed by atoms with Gasteiger partial charge in [0.05, 0.1) is 0 Å². The summed E-state index contributed by atoms with van der Waals surface area (Å²) in [5.74, 6) is 5.34. The Bertz CT molecular complexity index is 701. The van der Waals surface area contributed by atoms with Gasteiger partial charge in [0.2, 0.25) is 0 Å². The van der Waals surface area contributed by atoms with E-state index in [-0.39, 0.29) is 12.4 Å². The SMILES string of the molecule is NC(=O)N(O)CC#CCc1sccc1Cc1ccc(F)cc1. The highest BCUT2D eigenvalue weighted by atomic mass is 32.1. The Balaban J connectivity index is 1.96. The van der Waals surface area contributed by atoms with Crippen LogP contribution < -0.4 is 5.73 Å². The van der Waals surface area contributed by atoms with Crippen molar-refractivity contribution in [2.24, 2.45) is 5.73 Å². The van der Waals surface area contributed by atoms with Gasteiger partial charge in [-0.1, -0.05) is 24.0 Å². The number of carbonyl (C=O) groups is 1. The number of hydrogen-bond donors (Lipinski definition) is 2. The second-order valence-electron chi connectivity index (χ2n) is 4.60. The molecule has 0 spiro atoms. The largest absolute Gasteiger partial charge is 0.350 e. The van der Waals surface area contributed by atoms with Crippen molar-refractivity contribution in [3.8, 4) is 11.8 Å². The van der Waals surface area contributed by atoms with Crippen molar-refractivity contribution in [3.05, 3.63) is 57.5 Å². The maximum atomic E-state index is 12.9. The van der Waals surface area contributed by atoms with Crippen LogP contribution in [0.2, 0.25) is 0 Å². The Labute approximate surface area is 131 Å². The number of halogens is 1. The normalized spacial score (nSPS) is 9.91. The quantitative estimate of drug-likeness (QED) is 0.517. The molecule has 3 N–H and O–H groups in total. The molecule has 2 amide bonds. The number of hydroxylamine groups is 2. The summed E-state index contributed by atoms with van der Waals surface area (Å²) in [4.78, 5) is 11.7. The summed E-state index contributed by atoms with van der Waals surface area (Å²) in [5.41, 5.74) is 7.05. The standard InChI is InChI=1S/C16H15FN2O2S/c17-14-6-4-12(5-7-14)11-13-8-10-22-15(13)3-1-2-9-19(21)16(18)20/h4-8,10,21H,3,9,11H2,(H2,18,20). The van der Waals surface area contributed by atoms with Gasteiger partial charge in [0.25, 0.3) is 0 Å². The molecule has 0 aliphatic rings. The molecule has 4 nitrogen and oxygen atoms in total. The molecule has 0 aliphatic carbocycles. The lowest BCUT2D eigenvalue weighted by Crippen LogP contribution is -2.32. The summed E-state index contributed by atoms with van der Waals surface area (Å²) in [7, 11) is 0. The molecule has 0 fully saturated rings. The van der Waals surface area contributed by atoms with Crippen LogP contribution in [0.4, 0.5) is 9.18 Å². The highest BCUT2D eigenvalue weighted by Crippen LogP contribution is 2.20. The molecule has 0 saturated carbocycles. The molecule has 2 rings (SSSR count). The maximum Gasteiger partial charge on any atom is 0.339 e. The van der Waals surface area contributed by atoms with Gasteiger partial charge in [0.1, 0.15) is 12.4 Å². The van der Waals surface area contributed by atoms with E-state index in [1.165, 1.54) is 12.1 Å². The lowest BCUT2D eigenvalue weighted by molar-refractivity contribution is -0.0269. The third-order valence-corrected chi connectivity index (χ3v) is 3.97. The number of nitrogens with zero attached hydrogens (tertiary/aromatic N) is 1. The molecule has 2 aromatic rings. The molecule has 6 heteroatoms. The molecule has 0 radical (unpaired) electrons. The Hall–Kier alpha value is -2.36. The Morgan fingerprint density at radius 2 is 2.00 bits per heavy atom. The van der Waals surface area contributed by atoms with Crippen molar-refractivity contribution < 1.29 is 14.4 Å². The molecule has 1 heterocycles. The summed E-state index contributed by atoms with van der Waals surface area (Å²) in [6.07, 6.45) is 1.25. The number of benzene rings is 1. The summed E-state index contributed by atoms with van der Waals surface area (Å²) in [5, 5.41) is 11.4. The zero-order valence-corrected chi connectivity index (χ0v) is 12.6. The highest BCUT2D eigenvalue weighted by Gasteiger charge is 2.05. The van der Waals surface area contributed by atoms with Gasteiger partial charge >= 0.3 is 6.03 Å². The Morgan fingerprint density at radius 3 is 2.68 bits per heavy atom. The fraction of sp³-hybridized carbons (Fsp3) is 0.188. The van der Waals surface area contributed by atoms with Crippen LogP contribution in [0, 0.1) is 17.7 Å². The zero-order valence-electron chi connectivity index (χ0n) is 11.8. The van der Waals surface area contributed by atoms with E-state index in [1.807, 2.05) is 11.4 Å². The van der Waals surface area contributed by atoms with Gasteiger partial charge in [0, 0.05) is 11.3 Å². The Morgan fingerprint density at radius 1 is 1.27 bits per heavy atom. The topological polar surface area (TPSA) is 66.6 Å². The first-order valence-corrected chi connectivity index (χ1v) is 7.45. The number of thiophene rings is 1. The molecular formula is C16H15FN2O2S. The minimum atomic E-state index is -0.928. The third kappa shape index (κ3) is 4.58. The number of nitrogens with two attached hydrogens (primary N) is 1. The fourth-order valence-electron chi connectivity index (χ4n) is 1.85. The van der Waals surface area contributed by atoms with Crippen LogP contribution in [0.3, 0.4) is 0 Å². The molecule has 22 heavy (non-hydrogen) atoms. The number of amides is 2. The van der Waals surface area contributed by atoms with Crippen LogP contribution in [-0.4, -0.2) is 22.8 Å². The number of hydrogen-bond acceptors (Lipinski definition) is 3. The van der Waals surface area contributed by atoms with Crippen LogP contribution in [0.5, 0.6) is 0 Å². The van der Waals surface area contributed by atoms with Gasteiger partial charge in [0.15, 0.2) is 0 Å². The summed E-state index contributed by atoms with van der Waals surface area (Å²) in [6.45, 7) is -0.117. The molecule has 1 aromatic carbocycles. The average Bonchev–Trinajstić information content (AvgIpc) is 2.93. The molecule has 0 unspecified atom stereocenters.